The number of nitrogens with zero attached hydrogens (tertiary/aromatic N) is 2. The van der Waals surface area contributed by atoms with Crippen molar-refractivity contribution in [2.45, 2.75) is 31.2 Å². The normalized spacial score (nSPS) is 18.4. The minimum Gasteiger partial charge on any atom is -0.396 e. The fourth-order valence-electron chi connectivity index (χ4n) is 3.91. The number of nitrogens with one attached hydrogen (secondary N) is 1. The van der Waals surface area contributed by atoms with Gasteiger partial charge in [0.15, 0.2) is 0 Å². The van der Waals surface area contributed by atoms with E-state index in [0.717, 1.165) is 55.6 Å². The molecular formula is C27H27N3O4. The highest BCUT2D eigenvalue weighted by molar-refractivity contribution is 6.66. The van der Waals surface area contributed by atoms with Gasteiger partial charge in [-0.1, -0.05) is 36.1 Å². The molecule has 0 bridgehead atoms. The van der Waals surface area contributed by atoms with Crippen molar-refractivity contribution in [2.75, 3.05) is 26.4 Å². The summed E-state index contributed by atoms with van der Waals surface area (Å²) < 4.78 is 5.38. The predicted octanol–water partition coefficient (Wildman–Crippen LogP) is 2.05. The van der Waals surface area contributed by atoms with Gasteiger partial charge >= 0.3 is 5.91 Å². The van der Waals surface area contributed by atoms with Crippen LogP contribution in [0.3, 0.4) is 0 Å². The molecule has 0 aromatic heterocycles. The van der Waals surface area contributed by atoms with E-state index in [0.29, 0.717) is 6.04 Å². The van der Waals surface area contributed by atoms with Crippen LogP contribution >= 0.6 is 0 Å². The number of carbonyl (C=O) groups is 2. The molecule has 2 N–H and O–H groups in total. The van der Waals surface area contributed by atoms with Crippen LogP contribution < -0.4 is 5.32 Å². The molecule has 1 unspecified atom stereocenters. The summed E-state index contributed by atoms with van der Waals surface area (Å²) >= 11 is 0. The molecule has 4 rings (SSSR count). The van der Waals surface area contributed by atoms with Crippen molar-refractivity contribution in [3.8, 4) is 11.8 Å². The zero-order chi connectivity index (χ0) is 23.8. The van der Waals surface area contributed by atoms with Gasteiger partial charge in [0, 0.05) is 36.1 Å². The van der Waals surface area contributed by atoms with Gasteiger partial charge in [0.1, 0.15) is 6.34 Å². The van der Waals surface area contributed by atoms with Gasteiger partial charge in [0.2, 0.25) is 0 Å². The van der Waals surface area contributed by atoms with Crippen molar-refractivity contribution in [3.05, 3.63) is 70.8 Å². The van der Waals surface area contributed by atoms with Gasteiger partial charge in [-0.25, -0.2) is 4.99 Å². The Balaban J connectivity index is 1.32. The predicted molar refractivity (Wildman–Crippen MR) is 130 cm³/mol. The highest BCUT2D eigenvalue weighted by atomic mass is 16.5. The quantitative estimate of drug-likeness (QED) is 0.467. The summed E-state index contributed by atoms with van der Waals surface area (Å²) in [4.78, 5) is 30.6. The first-order chi connectivity index (χ1) is 16.6. The fourth-order valence-corrected chi connectivity index (χ4v) is 3.91. The van der Waals surface area contributed by atoms with E-state index in [9.17, 15) is 14.7 Å². The van der Waals surface area contributed by atoms with E-state index < -0.39 is 11.7 Å². The molecule has 2 atom stereocenters. The molecule has 174 valence electrons. The lowest BCUT2D eigenvalue weighted by Gasteiger charge is -2.15. The summed E-state index contributed by atoms with van der Waals surface area (Å²) in [5.41, 5.74) is 4.03. The van der Waals surface area contributed by atoms with Gasteiger partial charge in [-0.3, -0.25) is 9.59 Å². The Morgan fingerprint density at radius 2 is 1.76 bits per heavy atom. The molecule has 7 nitrogen and oxygen atoms in total. The van der Waals surface area contributed by atoms with Crippen LogP contribution in [0.25, 0.3) is 0 Å². The van der Waals surface area contributed by atoms with Gasteiger partial charge in [0.25, 0.3) is 5.78 Å². The lowest BCUT2D eigenvalue weighted by Crippen LogP contribution is -2.30. The number of aliphatic hydroxyl groups is 1. The van der Waals surface area contributed by atoms with E-state index >= 15 is 0 Å². The van der Waals surface area contributed by atoms with Gasteiger partial charge < -0.3 is 15.2 Å². The average Bonchev–Trinajstić information content (AvgIpc) is 3.38. The molecule has 2 aromatic carbocycles. The van der Waals surface area contributed by atoms with E-state index in [2.05, 4.69) is 39.3 Å². The number of benzene rings is 2. The number of ketones is 1. The Labute approximate surface area is 199 Å². The first-order valence-corrected chi connectivity index (χ1v) is 11.4. The number of carbonyl (C=O) groups excluding carboxylic acids is 2. The second kappa shape index (κ2) is 11.6. The zero-order valence-corrected chi connectivity index (χ0v) is 18.9. The lowest BCUT2D eigenvalue weighted by molar-refractivity contribution is -0.132. The Kier molecular flexibility index (Phi) is 8.10. The van der Waals surface area contributed by atoms with Crippen LogP contribution in [-0.4, -0.2) is 61.3 Å². The van der Waals surface area contributed by atoms with Gasteiger partial charge in [0.05, 0.1) is 18.9 Å². The second-order valence-corrected chi connectivity index (χ2v) is 8.37. The van der Waals surface area contributed by atoms with Crippen LogP contribution in [0.15, 0.2) is 58.5 Å². The van der Waals surface area contributed by atoms with Crippen molar-refractivity contribution >= 4 is 23.7 Å². The van der Waals surface area contributed by atoms with E-state index in [1.807, 2.05) is 36.4 Å². The maximum Gasteiger partial charge on any atom is 0.320 e. The summed E-state index contributed by atoms with van der Waals surface area (Å²) in [5, 5.41) is 13.3. The summed E-state index contributed by atoms with van der Waals surface area (Å²) in [6.45, 7) is 2.43. The number of Topliss-reactive ketones (excluding diaryl/α,β-unsaturated/α-hetero) is 1. The molecule has 1 saturated heterocycles. The van der Waals surface area contributed by atoms with Crippen LogP contribution in [0.2, 0.25) is 0 Å². The SMILES string of the molecule is O=C1N=CN=C(CC(CO)c2ccc(C#Cc3ccc(CCN[C@H]4CCOC4)cc3)cc2)C1=O. The maximum atomic E-state index is 11.9. The molecule has 2 heterocycles. The Morgan fingerprint density at radius 3 is 2.41 bits per heavy atom. The average molecular weight is 458 g/mol. The summed E-state index contributed by atoms with van der Waals surface area (Å²) in [6, 6.07) is 16.3. The summed E-state index contributed by atoms with van der Waals surface area (Å²) in [7, 11) is 0. The number of hydrogen-bond acceptors (Lipinski definition) is 6. The maximum absolute atomic E-state index is 11.9. The molecule has 0 spiro atoms. The third-order valence-corrected chi connectivity index (χ3v) is 5.97. The number of amides is 1. The summed E-state index contributed by atoms with van der Waals surface area (Å²) in [5.74, 6) is 4.46. The third-order valence-electron chi connectivity index (χ3n) is 5.97. The van der Waals surface area contributed by atoms with Crippen LogP contribution in [0.1, 0.15) is 41.0 Å². The minimum atomic E-state index is -0.823. The van der Waals surface area contributed by atoms with Crippen molar-refractivity contribution in [1.29, 1.82) is 0 Å². The van der Waals surface area contributed by atoms with E-state index in [-0.39, 0.29) is 24.7 Å². The minimum absolute atomic E-state index is 0.120. The molecule has 1 fully saturated rings. The molecule has 0 radical (unpaired) electrons. The monoisotopic (exact) mass is 457 g/mol. The standard InChI is InChI=1S/C27H27N3O4/c31-16-23(15-25-26(32)27(33)30-18-29-25)22-9-7-20(8-10-22)2-1-19-3-5-21(6-4-19)11-13-28-24-12-14-34-17-24/h3-10,18,23-24,28,31H,11-17H2/t23?,24-/m0/s1. The van der Waals surface area contributed by atoms with Gasteiger partial charge in [-0.05, 0) is 54.8 Å². The molecular weight excluding hydrogens is 430 g/mol. The molecule has 0 aliphatic carbocycles. The smallest absolute Gasteiger partial charge is 0.320 e. The fraction of sp³-hybridized carbons (Fsp3) is 0.333. The number of ether oxygens (including phenoxy) is 1. The first-order valence-electron chi connectivity index (χ1n) is 11.4. The van der Waals surface area contributed by atoms with Crippen LogP contribution in [-0.2, 0) is 20.7 Å². The van der Waals surface area contributed by atoms with Crippen molar-refractivity contribution in [2.24, 2.45) is 9.98 Å². The largest absolute Gasteiger partial charge is 0.396 e. The highest BCUT2D eigenvalue weighted by Crippen LogP contribution is 2.21. The van der Waals surface area contributed by atoms with Crippen LogP contribution in [0, 0.1) is 11.8 Å². The molecule has 2 aliphatic heterocycles. The molecule has 0 saturated carbocycles. The molecule has 7 heteroatoms. The molecule has 1 amide bonds. The Morgan fingerprint density at radius 1 is 1.06 bits per heavy atom. The van der Waals surface area contributed by atoms with Crippen LogP contribution in [0.5, 0.6) is 0 Å². The van der Waals surface area contributed by atoms with Crippen molar-refractivity contribution < 1.29 is 19.4 Å². The Hall–Kier alpha value is -3.44. The van der Waals surface area contributed by atoms with E-state index in [1.165, 1.54) is 5.56 Å². The number of hydrogen-bond donors (Lipinski definition) is 2. The van der Waals surface area contributed by atoms with Gasteiger partial charge in [-0.2, -0.15) is 4.99 Å². The van der Waals surface area contributed by atoms with Crippen molar-refractivity contribution in [1.82, 2.24) is 5.32 Å². The van der Waals surface area contributed by atoms with Crippen LogP contribution in [0.4, 0.5) is 0 Å². The zero-order valence-electron chi connectivity index (χ0n) is 18.9. The third kappa shape index (κ3) is 6.33. The Bertz CT molecular complexity index is 1140. The second-order valence-electron chi connectivity index (χ2n) is 8.37. The topological polar surface area (TPSA) is 100 Å². The number of aliphatic hydroxyl groups excluding tert-OH is 1. The molecule has 34 heavy (non-hydrogen) atoms. The lowest BCUT2D eigenvalue weighted by atomic mass is 9.92. The molecule has 2 aromatic rings. The first kappa shape index (κ1) is 23.7. The summed E-state index contributed by atoms with van der Waals surface area (Å²) in [6.07, 6.45) is 3.31. The number of rotatable bonds is 8. The van der Waals surface area contributed by atoms with E-state index in [1.54, 1.807) is 0 Å². The number of aliphatic imine (C=N–C) groups is 2. The van der Waals surface area contributed by atoms with Gasteiger partial charge in [-0.15, -0.1) is 0 Å². The van der Waals surface area contributed by atoms with E-state index in [4.69, 9.17) is 4.74 Å². The van der Waals surface area contributed by atoms with Crippen molar-refractivity contribution in [3.63, 3.8) is 0 Å². The highest BCUT2D eigenvalue weighted by Gasteiger charge is 2.25. The molecule has 2 aliphatic rings.